The molecule has 0 radical (unpaired) electrons. The molecule has 6 saturated heterocycles. The maximum absolute atomic E-state index is 13.6. The normalized spacial score (nSPS) is 20.0. The van der Waals surface area contributed by atoms with Crippen LogP contribution in [0.3, 0.4) is 0 Å². The van der Waals surface area contributed by atoms with Gasteiger partial charge in [-0.3, -0.25) is 82.3 Å². The zero-order valence-electron chi connectivity index (χ0n) is 78.5. The number of ketones is 4. The number of Topliss-reactive ketones (excluding diaryl/α,β-unsaturated/α-hetero) is 4. The van der Waals surface area contributed by atoms with Gasteiger partial charge in [0.1, 0.15) is 35.3 Å². The summed E-state index contributed by atoms with van der Waals surface area (Å²) in [5.74, 6) is -11.2. The Balaban J connectivity index is 0.000000179. The summed E-state index contributed by atoms with van der Waals surface area (Å²) in [6.45, 7) is 10.4. The Morgan fingerprint density at radius 1 is 0.400 bits per heavy atom. The van der Waals surface area contributed by atoms with Crippen molar-refractivity contribution in [2.75, 3.05) is 0 Å². The number of carbonyl (C=O) groups is 16. The van der Waals surface area contributed by atoms with Crippen LogP contribution in [-0.2, 0) is 120 Å². The van der Waals surface area contributed by atoms with E-state index in [1.165, 1.54) is 74.4 Å². The minimum Gasteiger partial charge on any atom is -0.718 e. The van der Waals surface area contributed by atoms with Gasteiger partial charge in [0.2, 0.25) is 0 Å². The molecular formula is C96H112B4N12O28. The number of fused-ring (bicyclic) bond motifs is 4. The first-order valence-electron chi connectivity index (χ1n) is 46.3. The zero-order chi connectivity index (χ0) is 101. The number of rotatable bonds is 43. The van der Waals surface area contributed by atoms with Gasteiger partial charge in [0.25, 0.3) is 41.5 Å². The molecule has 44 heteroatoms. The molecule has 6 aliphatic rings. The van der Waals surface area contributed by atoms with E-state index in [-0.39, 0.29) is 140 Å². The third kappa shape index (κ3) is 31.3. The van der Waals surface area contributed by atoms with Crippen molar-refractivity contribution >= 4 is 122 Å². The molecule has 0 aliphatic carbocycles. The summed E-state index contributed by atoms with van der Waals surface area (Å²) in [5.41, 5.74) is 3.75. The highest BCUT2D eigenvalue weighted by Gasteiger charge is 2.63. The summed E-state index contributed by atoms with van der Waals surface area (Å²) in [6, 6.07) is 33.6. The van der Waals surface area contributed by atoms with Gasteiger partial charge >= 0.3 is 57.6 Å². The molecule has 4 aromatic heterocycles. The first-order valence-corrected chi connectivity index (χ1v) is 46.3. The molecule has 14 rings (SSSR count). The highest BCUT2D eigenvalue weighted by molar-refractivity contribution is 6.68. The van der Waals surface area contributed by atoms with Crippen LogP contribution in [0.2, 0.25) is 23.3 Å². The largest absolute Gasteiger partial charge is 0.718 e. The molecule has 6 fully saturated rings. The summed E-state index contributed by atoms with van der Waals surface area (Å²) in [6.07, 6.45) is 13.4. The summed E-state index contributed by atoms with van der Waals surface area (Å²) in [5, 5.41) is 29.4. The Morgan fingerprint density at radius 3 is 1.09 bits per heavy atom. The minimum absolute atomic E-state index is 0.0336. The molecule has 6 aliphatic heterocycles. The molecule has 8 aromatic rings. The van der Waals surface area contributed by atoms with Gasteiger partial charge in [-0.25, -0.2) is 24.7 Å². The van der Waals surface area contributed by atoms with Crippen LogP contribution < -0.4 is 21.3 Å². The molecule has 40 nitrogen and oxygen atoms in total. The van der Waals surface area contributed by atoms with Gasteiger partial charge in [0.15, 0.2) is 41.4 Å². The van der Waals surface area contributed by atoms with E-state index in [4.69, 9.17) is 42.3 Å². The van der Waals surface area contributed by atoms with Gasteiger partial charge in [0.05, 0.1) is 68.2 Å². The Kier molecular flexibility index (Phi) is 38.5. The van der Waals surface area contributed by atoms with Crippen LogP contribution in [-0.4, -0.2) is 230 Å². The average Bonchev–Trinajstić information content (AvgIpc) is 1.60. The van der Waals surface area contributed by atoms with E-state index in [0.29, 0.717) is 25.7 Å². The van der Waals surface area contributed by atoms with Crippen LogP contribution in [0.5, 0.6) is 0 Å². The van der Waals surface area contributed by atoms with Gasteiger partial charge in [-0.1, -0.05) is 190 Å². The quantitative estimate of drug-likeness (QED) is 0.0162. The number of aliphatic carboxylic acids is 4. The van der Waals surface area contributed by atoms with Gasteiger partial charge < -0.3 is 78.0 Å². The van der Waals surface area contributed by atoms with Crippen molar-refractivity contribution in [3.8, 4) is 0 Å². The smallest absolute Gasteiger partial charge is 0.576 e. The second kappa shape index (κ2) is 50.8. The third-order valence-corrected chi connectivity index (χ3v) is 23.5. The van der Waals surface area contributed by atoms with E-state index in [1.807, 2.05) is 177 Å². The van der Waals surface area contributed by atoms with Crippen LogP contribution in [0.15, 0.2) is 196 Å². The fourth-order valence-electron chi connectivity index (χ4n) is 17.2. The van der Waals surface area contributed by atoms with Crippen LogP contribution in [0.25, 0.3) is 0 Å². The Morgan fingerprint density at radius 2 is 0.750 bits per heavy atom. The van der Waals surface area contributed by atoms with Gasteiger partial charge in [-0.05, 0) is 109 Å². The number of benzene rings is 4. The fourth-order valence-corrected chi connectivity index (χ4v) is 17.2. The molecule has 2 unspecified atom stereocenters. The molecule has 736 valence electrons. The molecule has 0 saturated carbocycles. The number of hydrogen-bond acceptors (Lipinski definition) is 32. The van der Waals surface area contributed by atoms with E-state index < -0.39 is 177 Å². The predicted octanol–water partition coefficient (Wildman–Crippen LogP) is 7.26. The standard InChI is InChI=1S/4C24H28BN3O7/c2*1-15(2)10-17(25-33-21(24(32)35-25)13-22(30)34-25)12-20(29)18(11-16-6-4-3-5-7-16)28-23(31)19-14-26-8-9-27-19;1-15(2)10-17(25-34-21(24(32)33)13-22(30)35-25)12-20(29)18(11-16-6-4-3-5-7-16)28-23(31)19-14-26-8-9-27-19;1-15(2)10-17(25-34-21(13-22(30)31)24(33)35-25)12-20(29)18(11-16-6-4-3-5-7-16)28-23(32)19-14-26-8-9-27-19/h3-9,14-15,17-18,21,35H,10-13H2,1-2H3,(H,28,31);3-9,14-15,17-18,21,34H,10-13H2,1-2H3,(H,28,31);3-9,14-15,17-18,21H,10-13H2,1-2H3,(H,28,31)(H,32,33);3-9,14-15,17-18,21H,10-13H2,1-2H3,(H,28,32)(H,30,31)/t2*17-,18+,21-,25?;2*17-,18+,21+/m1111/s1. The number of aromatic nitrogens is 8. The number of carbonyl (C=O) groups excluding carboxylic acids is 12. The average molecular weight is 1930 g/mol. The Bertz CT molecular complexity index is 5450. The van der Waals surface area contributed by atoms with Crippen molar-refractivity contribution in [1.29, 1.82) is 0 Å². The molecular weight excluding hydrogens is 1810 g/mol. The van der Waals surface area contributed by atoms with Crippen molar-refractivity contribution in [2.24, 2.45) is 23.7 Å². The second-order valence-corrected chi connectivity index (χ2v) is 36.6. The van der Waals surface area contributed by atoms with Crippen LogP contribution in [0, 0.1) is 23.7 Å². The highest BCUT2D eigenvalue weighted by atomic mass is 16.8. The maximum atomic E-state index is 13.6. The molecule has 4 bridgehead atoms. The van der Waals surface area contributed by atoms with Gasteiger partial charge in [0, 0.05) is 83.6 Å². The molecule has 10 heterocycles. The van der Waals surface area contributed by atoms with E-state index in [1.54, 1.807) is 0 Å². The number of nitrogens with one attached hydrogen (secondary N) is 4. The first kappa shape index (κ1) is 106. The lowest BCUT2D eigenvalue weighted by Gasteiger charge is -2.41. The number of carboxylic acids is 4. The Hall–Kier alpha value is -14.4. The number of hydrogen-bond donors (Lipinski definition) is 6. The molecule has 4 aromatic carbocycles. The lowest BCUT2D eigenvalue weighted by atomic mass is 9.57. The van der Waals surface area contributed by atoms with Crippen molar-refractivity contribution in [3.63, 3.8) is 0 Å². The lowest BCUT2D eigenvalue weighted by Crippen LogP contribution is -2.55. The summed E-state index contributed by atoms with van der Waals surface area (Å²) in [7, 11) is -2.21. The van der Waals surface area contributed by atoms with E-state index in [2.05, 4.69) is 70.4 Å². The molecule has 14 atom stereocenters. The van der Waals surface area contributed by atoms with Crippen LogP contribution >= 0.6 is 0 Å². The number of carboxylic acid groups (broad SMARTS) is 2. The first-order chi connectivity index (χ1) is 67.0. The van der Waals surface area contributed by atoms with Crippen molar-refractivity contribution in [1.82, 2.24) is 61.1 Å². The summed E-state index contributed by atoms with van der Waals surface area (Å²) < 4.78 is 52.6. The lowest BCUT2D eigenvalue weighted by molar-refractivity contribution is -0.161. The maximum Gasteiger partial charge on any atom is 0.576 e. The molecule has 140 heavy (non-hydrogen) atoms. The van der Waals surface area contributed by atoms with Gasteiger partial charge in [-0.15, -0.1) is 0 Å². The monoisotopic (exact) mass is 1920 g/mol. The van der Waals surface area contributed by atoms with E-state index in [0.717, 1.165) is 22.3 Å². The zero-order valence-corrected chi connectivity index (χ0v) is 78.5. The van der Waals surface area contributed by atoms with E-state index >= 15 is 0 Å². The van der Waals surface area contributed by atoms with E-state index in [9.17, 15) is 81.8 Å². The summed E-state index contributed by atoms with van der Waals surface area (Å²) >= 11 is 0. The van der Waals surface area contributed by atoms with Gasteiger partial charge in [-0.2, -0.15) is 0 Å². The van der Waals surface area contributed by atoms with Crippen molar-refractivity contribution < 1.29 is 133 Å². The SMILES string of the molecule is CC(C)C[C@H](CC(=O)[C@H](Cc1ccccc1)NC(=O)c1cnccn1)B1OC(=O)C[C@@H](C(=O)O)O1.CC(C)C[C@H](CC(=O)[C@H](Cc1ccccc1)NC(=O)c1cnccn1)B1OC(=O)[C@H](CC(=O)O)O1.CC(C)C[C@H](CC(=O)[C@H](Cc1ccccc1)NC(=O)c1cnccn1)[B-]12OC(=O)C[C@@H](O1)C(=O)[OH+]2.CC(C)C[C@H](CC(=O)[C@H](Cc1ccccc1)NC(=O)c1cnccn1)[B-]12OC(=O)[C@@H](CC(=O)[OH+]1)O2. The van der Waals surface area contributed by atoms with Crippen LogP contribution in [0.1, 0.15) is 197 Å². The number of nitrogens with zero attached hydrogens (tertiary/aromatic N) is 8. The minimum atomic E-state index is -2.63. The number of amides is 4. The topological polar surface area (TPSA) is 564 Å². The summed E-state index contributed by atoms with van der Waals surface area (Å²) in [4.78, 5) is 232. The van der Waals surface area contributed by atoms with Crippen LogP contribution in [0.4, 0.5) is 0 Å². The molecule has 4 amide bonds. The third-order valence-electron chi connectivity index (χ3n) is 23.5. The highest BCUT2D eigenvalue weighted by Crippen LogP contribution is 2.44. The Labute approximate surface area is 807 Å². The van der Waals surface area contributed by atoms with Crippen molar-refractivity contribution in [3.05, 3.63) is 241 Å². The molecule has 0 spiro atoms. The fraction of sp³-hybridized carbons (Fsp3) is 0.417. The molecule has 8 N–H and O–H groups in total. The second-order valence-electron chi connectivity index (χ2n) is 36.6. The van der Waals surface area contributed by atoms with Crippen molar-refractivity contribution in [2.45, 2.75) is 230 Å². The predicted molar refractivity (Wildman–Crippen MR) is 500 cm³/mol.